The van der Waals surface area contributed by atoms with Crippen molar-refractivity contribution in [3.63, 3.8) is 0 Å². The third kappa shape index (κ3) is 4.99. The van der Waals surface area contributed by atoms with E-state index in [1.165, 1.54) is 12.8 Å². The average Bonchev–Trinajstić information content (AvgIpc) is 2.73. The molecule has 1 heterocycles. The van der Waals surface area contributed by atoms with Gasteiger partial charge in [0.05, 0.1) is 6.10 Å². The van der Waals surface area contributed by atoms with Crippen LogP contribution in [0.3, 0.4) is 0 Å². The van der Waals surface area contributed by atoms with Crippen LogP contribution in [-0.4, -0.2) is 73.9 Å². The van der Waals surface area contributed by atoms with Crippen molar-refractivity contribution in [3.05, 3.63) is 0 Å². The van der Waals surface area contributed by atoms with Crippen molar-refractivity contribution in [2.24, 2.45) is 5.41 Å². The topological polar surface area (TPSA) is 38.7 Å². The number of β-amino-alcohol motifs (C(OH)–C–C–N with tert-alkyl or cyclic N) is 1. The highest BCUT2D eigenvalue weighted by Crippen LogP contribution is 2.30. The molecule has 4 nitrogen and oxygen atoms in total. The lowest BCUT2D eigenvalue weighted by atomic mass is 9.81. The van der Waals surface area contributed by atoms with E-state index < -0.39 is 0 Å². The van der Waals surface area contributed by atoms with Gasteiger partial charge in [-0.2, -0.15) is 0 Å². The first kappa shape index (κ1) is 17.9. The highest BCUT2D eigenvalue weighted by Gasteiger charge is 2.36. The van der Waals surface area contributed by atoms with Crippen LogP contribution in [0, 0.1) is 5.41 Å². The summed E-state index contributed by atoms with van der Waals surface area (Å²) in [6, 6.07) is 0.499. The van der Waals surface area contributed by atoms with E-state index in [1.807, 2.05) is 0 Å². The molecule has 4 heteroatoms. The van der Waals surface area contributed by atoms with Gasteiger partial charge in [-0.15, -0.1) is 0 Å². The molecule has 0 saturated carbocycles. The molecule has 1 fully saturated rings. The molecule has 20 heavy (non-hydrogen) atoms. The number of hydrogen-bond donors (Lipinski definition) is 2. The summed E-state index contributed by atoms with van der Waals surface area (Å²) in [5.74, 6) is 0. The van der Waals surface area contributed by atoms with Crippen LogP contribution in [0.15, 0.2) is 0 Å². The summed E-state index contributed by atoms with van der Waals surface area (Å²) in [7, 11) is 4.24. The van der Waals surface area contributed by atoms with Crippen molar-refractivity contribution in [1.29, 1.82) is 0 Å². The first-order chi connectivity index (χ1) is 9.46. The zero-order valence-corrected chi connectivity index (χ0v) is 14.2. The zero-order valence-electron chi connectivity index (χ0n) is 14.2. The summed E-state index contributed by atoms with van der Waals surface area (Å²) in [6.07, 6.45) is 3.16. The van der Waals surface area contributed by atoms with Gasteiger partial charge < -0.3 is 15.3 Å². The van der Waals surface area contributed by atoms with E-state index in [-0.39, 0.29) is 6.10 Å². The highest BCUT2D eigenvalue weighted by atomic mass is 16.3. The molecule has 1 saturated heterocycles. The zero-order chi connectivity index (χ0) is 15.2. The molecule has 1 aliphatic heterocycles. The van der Waals surface area contributed by atoms with Crippen LogP contribution in [0.1, 0.15) is 40.0 Å². The van der Waals surface area contributed by atoms with Crippen LogP contribution in [0.5, 0.6) is 0 Å². The average molecular weight is 285 g/mol. The fourth-order valence-corrected chi connectivity index (χ4v) is 3.36. The van der Waals surface area contributed by atoms with Gasteiger partial charge in [-0.3, -0.25) is 4.90 Å². The van der Waals surface area contributed by atoms with Crippen molar-refractivity contribution in [2.75, 3.05) is 46.8 Å². The van der Waals surface area contributed by atoms with Gasteiger partial charge in [0.1, 0.15) is 0 Å². The smallest absolute Gasteiger partial charge is 0.0682 e. The van der Waals surface area contributed by atoms with Crippen LogP contribution >= 0.6 is 0 Å². The molecule has 0 aliphatic carbocycles. The van der Waals surface area contributed by atoms with Crippen LogP contribution in [0.2, 0.25) is 0 Å². The maximum atomic E-state index is 10.0. The Hall–Kier alpha value is -0.160. The first-order valence-corrected chi connectivity index (χ1v) is 8.24. The Balaban J connectivity index is 2.69. The molecule has 2 unspecified atom stereocenters. The standard InChI is InChI=1S/C16H35N3O/c1-6-16(7-2,12-17-8-3)13-19-11-15(20)9-14(19)10-18(4)5/h14-15,17,20H,6-13H2,1-5H3. The molecule has 0 bridgehead atoms. The number of hydrogen-bond acceptors (Lipinski definition) is 4. The van der Waals surface area contributed by atoms with E-state index in [1.54, 1.807) is 0 Å². The van der Waals surface area contributed by atoms with E-state index in [2.05, 4.69) is 50.0 Å². The van der Waals surface area contributed by atoms with Gasteiger partial charge in [0.15, 0.2) is 0 Å². The van der Waals surface area contributed by atoms with Gasteiger partial charge in [-0.05, 0) is 45.3 Å². The Labute approximate surface area is 125 Å². The molecule has 0 spiro atoms. The minimum absolute atomic E-state index is 0.148. The predicted molar refractivity (Wildman–Crippen MR) is 86.1 cm³/mol. The normalized spacial score (nSPS) is 24.8. The number of nitrogens with one attached hydrogen (secondary N) is 1. The third-order valence-corrected chi connectivity index (χ3v) is 4.87. The van der Waals surface area contributed by atoms with Crippen LogP contribution in [0.25, 0.3) is 0 Å². The van der Waals surface area contributed by atoms with Crippen molar-refractivity contribution in [3.8, 4) is 0 Å². The summed E-state index contributed by atoms with van der Waals surface area (Å²) in [5, 5.41) is 13.6. The van der Waals surface area contributed by atoms with Gasteiger partial charge in [0.2, 0.25) is 0 Å². The number of rotatable bonds is 9. The Kier molecular flexibility index (Phi) is 7.45. The number of likely N-dealkylation sites (N-methyl/N-ethyl adjacent to an activating group) is 1. The summed E-state index contributed by atoms with van der Waals surface area (Å²) in [6.45, 7) is 11.9. The van der Waals surface area contributed by atoms with Crippen molar-refractivity contribution in [2.45, 2.75) is 52.2 Å². The van der Waals surface area contributed by atoms with Crippen LogP contribution < -0.4 is 5.32 Å². The lowest BCUT2D eigenvalue weighted by Crippen LogP contribution is -2.47. The summed E-state index contributed by atoms with van der Waals surface area (Å²) in [5.41, 5.74) is 0.338. The second kappa shape index (κ2) is 8.32. The fraction of sp³-hybridized carbons (Fsp3) is 1.00. The van der Waals surface area contributed by atoms with Gasteiger partial charge >= 0.3 is 0 Å². The Morgan fingerprint density at radius 3 is 2.40 bits per heavy atom. The van der Waals surface area contributed by atoms with Crippen LogP contribution in [0.4, 0.5) is 0 Å². The molecule has 0 radical (unpaired) electrons. The molecule has 1 aliphatic rings. The summed E-state index contributed by atoms with van der Waals surface area (Å²) >= 11 is 0. The fourth-order valence-electron chi connectivity index (χ4n) is 3.36. The Morgan fingerprint density at radius 1 is 1.25 bits per heavy atom. The summed E-state index contributed by atoms with van der Waals surface area (Å²) < 4.78 is 0. The van der Waals surface area contributed by atoms with Gasteiger partial charge in [0.25, 0.3) is 0 Å². The number of aliphatic hydroxyl groups excluding tert-OH is 1. The van der Waals surface area contributed by atoms with E-state index in [0.717, 1.165) is 39.1 Å². The lowest BCUT2D eigenvalue weighted by molar-refractivity contribution is 0.104. The minimum Gasteiger partial charge on any atom is -0.392 e. The molecule has 0 aromatic carbocycles. The molecule has 120 valence electrons. The second-order valence-electron chi connectivity index (χ2n) is 6.72. The minimum atomic E-state index is -0.148. The number of likely N-dealkylation sites (tertiary alicyclic amines) is 1. The molecular weight excluding hydrogens is 250 g/mol. The molecule has 0 aromatic heterocycles. The molecule has 2 atom stereocenters. The van der Waals surface area contributed by atoms with Crippen molar-refractivity contribution in [1.82, 2.24) is 15.1 Å². The van der Waals surface area contributed by atoms with E-state index in [9.17, 15) is 5.11 Å². The van der Waals surface area contributed by atoms with Crippen molar-refractivity contribution >= 4 is 0 Å². The quantitative estimate of drug-likeness (QED) is 0.672. The summed E-state index contributed by atoms with van der Waals surface area (Å²) in [4.78, 5) is 4.76. The predicted octanol–water partition coefficient (Wildman–Crippen LogP) is 1.40. The van der Waals surface area contributed by atoms with Gasteiger partial charge in [-0.25, -0.2) is 0 Å². The highest BCUT2D eigenvalue weighted by molar-refractivity contribution is 4.92. The molecule has 0 aromatic rings. The Morgan fingerprint density at radius 2 is 1.90 bits per heavy atom. The number of aliphatic hydroxyl groups is 1. The monoisotopic (exact) mass is 285 g/mol. The lowest BCUT2D eigenvalue weighted by Gasteiger charge is -2.38. The third-order valence-electron chi connectivity index (χ3n) is 4.87. The molecular formula is C16H35N3O. The maximum absolute atomic E-state index is 10.0. The Bertz CT molecular complexity index is 266. The van der Waals surface area contributed by atoms with Gasteiger partial charge in [0, 0.05) is 32.2 Å². The largest absolute Gasteiger partial charge is 0.392 e. The molecule has 2 N–H and O–H groups in total. The van der Waals surface area contributed by atoms with E-state index in [0.29, 0.717) is 11.5 Å². The van der Waals surface area contributed by atoms with Gasteiger partial charge in [-0.1, -0.05) is 20.8 Å². The molecule has 0 amide bonds. The second-order valence-corrected chi connectivity index (χ2v) is 6.72. The van der Waals surface area contributed by atoms with Crippen LogP contribution in [-0.2, 0) is 0 Å². The number of nitrogens with zero attached hydrogens (tertiary/aromatic N) is 2. The van der Waals surface area contributed by atoms with E-state index in [4.69, 9.17) is 0 Å². The maximum Gasteiger partial charge on any atom is 0.0682 e. The SMILES string of the molecule is CCNCC(CC)(CC)CN1CC(O)CC1CN(C)C. The van der Waals surface area contributed by atoms with E-state index >= 15 is 0 Å². The van der Waals surface area contributed by atoms with Crippen molar-refractivity contribution < 1.29 is 5.11 Å². The molecule has 1 rings (SSSR count). The first-order valence-electron chi connectivity index (χ1n) is 8.24.